The first-order chi connectivity index (χ1) is 7.00. The highest BCUT2D eigenvalue weighted by Crippen LogP contribution is 2.04. The fourth-order valence-electron chi connectivity index (χ4n) is 0.993. The molecule has 0 saturated carbocycles. The summed E-state index contributed by atoms with van der Waals surface area (Å²) in [6, 6.07) is 4.96. The summed E-state index contributed by atoms with van der Waals surface area (Å²) >= 11 is 0. The number of carboxylic acid groups (broad SMARTS) is 1. The van der Waals surface area contributed by atoms with Gasteiger partial charge in [-0.1, -0.05) is 12.1 Å². The van der Waals surface area contributed by atoms with Gasteiger partial charge in [0, 0.05) is 6.42 Å². The van der Waals surface area contributed by atoms with Gasteiger partial charge < -0.3 is 5.11 Å². The Hall–Kier alpha value is -1.69. The molecule has 1 rings (SSSR count). The van der Waals surface area contributed by atoms with Gasteiger partial charge in [-0.3, -0.25) is 0 Å². The summed E-state index contributed by atoms with van der Waals surface area (Å²) in [5, 5.41) is 8.56. The predicted molar refractivity (Wildman–Crippen MR) is 51.7 cm³/mol. The maximum Gasteiger partial charge on any atom is 0.347 e. The van der Waals surface area contributed by atoms with Gasteiger partial charge in [0.1, 0.15) is 5.82 Å². The van der Waals surface area contributed by atoms with Gasteiger partial charge in [-0.2, -0.15) is 8.42 Å². The average Bonchev–Trinajstić information content (AvgIpc) is 2.15. The Morgan fingerprint density at radius 3 is 2.20 bits per heavy atom. The summed E-state index contributed by atoms with van der Waals surface area (Å²) in [6.07, 6.45) is -0.244. The fourth-order valence-corrected chi connectivity index (χ4v) is 1.42. The van der Waals surface area contributed by atoms with Crippen LogP contribution in [0.5, 0.6) is 0 Å². The summed E-state index contributed by atoms with van der Waals surface area (Å²) in [6.45, 7) is 0. The van der Waals surface area contributed by atoms with E-state index < -0.39 is 26.9 Å². The maximum absolute atomic E-state index is 12.5. The molecule has 0 atom stereocenters. The summed E-state index contributed by atoms with van der Waals surface area (Å²) in [4.78, 5) is 9.87. The number of aliphatic carboxylic acids is 1. The summed E-state index contributed by atoms with van der Waals surface area (Å²) in [5.41, 5.74) is 0.429. The van der Waals surface area contributed by atoms with E-state index in [0.717, 1.165) is 12.1 Å². The lowest BCUT2D eigenvalue weighted by Gasteiger charge is -1.98. The van der Waals surface area contributed by atoms with Crippen LogP contribution in [0.3, 0.4) is 0 Å². The molecule has 0 bridgehead atoms. The highest BCUT2D eigenvalue weighted by atomic mass is 32.2. The lowest BCUT2D eigenvalue weighted by Crippen LogP contribution is -2.16. The third-order valence-corrected chi connectivity index (χ3v) is 2.44. The topological polar surface area (TPSA) is 71.4 Å². The molecule has 6 heteroatoms. The maximum atomic E-state index is 12.5. The van der Waals surface area contributed by atoms with Crippen LogP contribution in [0.25, 0.3) is 0 Å². The molecule has 80 valence electrons. The van der Waals surface area contributed by atoms with Crippen LogP contribution in [-0.2, 0) is 21.5 Å². The number of halogens is 1. The van der Waals surface area contributed by atoms with E-state index in [1.165, 1.54) is 12.1 Å². The zero-order valence-corrected chi connectivity index (χ0v) is 8.29. The number of hydrogen-bond acceptors (Lipinski definition) is 3. The Balaban J connectivity index is 3.00. The summed E-state index contributed by atoms with van der Waals surface area (Å²) in [5.74, 6) is -1.95. The smallest absolute Gasteiger partial charge is 0.347 e. The largest absolute Gasteiger partial charge is 0.477 e. The Bertz CT molecular complexity index is 493. The third kappa shape index (κ3) is 3.17. The molecule has 15 heavy (non-hydrogen) atoms. The molecule has 0 radical (unpaired) electrons. The van der Waals surface area contributed by atoms with Crippen molar-refractivity contribution in [2.24, 2.45) is 0 Å². The molecule has 0 aliphatic heterocycles. The van der Waals surface area contributed by atoms with Gasteiger partial charge >= 0.3 is 5.97 Å². The molecule has 0 spiro atoms. The standard InChI is InChI=1S/C9H7FO4S/c10-7-3-1-6(2-4-7)5-8(9(11)12)15(13)14/h1-4H,5H2,(H,11,12). The number of benzene rings is 1. The molecule has 0 fully saturated rings. The second kappa shape index (κ2) is 4.70. The highest BCUT2D eigenvalue weighted by Gasteiger charge is 2.12. The molecule has 0 aliphatic carbocycles. The molecular formula is C9H7FO4S. The monoisotopic (exact) mass is 230 g/mol. The first kappa shape index (κ1) is 11.4. The van der Waals surface area contributed by atoms with Crippen molar-refractivity contribution in [2.75, 3.05) is 0 Å². The van der Waals surface area contributed by atoms with Gasteiger partial charge in [0.15, 0.2) is 4.86 Å². The molecule has 0 amide bonds. The van der Waals surface area contributed by atoms with E-state index in [9.17, 15) is 17.6 Å². The van der Waals surface area contributed by atoms with Crippen molar-refractivity contribution < 1.29 is 22.7 Å². The van der Waals surface area contributed by atoms with Crippen molar-refractivity contribution in [1.29, 1.82) is 0 Å². The second-order valence-corrected chi connectivity index (χ2v) is 3.73. The van der Waals surface area contributed by atoms with E-state index in [1.807, 2.05) is 0 Å². The molecule has 0 saturated heterocycles. The normalized spacial score (nSPS) is 9.67. The Labute approximate surface area is 86.5 Å². The second-order valence-electron chi connectivity index (χ2n) is 2.77. The quantitative estimate of drug-likeness (QED) is 0.768. The van der Waals surface area contributed by atoms with Crippen LogP contribution in [0.2, 0.25) is 0 Å². The number of carboxylic acids is 1. The minimum atomic E-state index is -2.77. The van der Waals surface area contributed by atoms with E-state index in [2.05, 4.69) is 0 Å². The number of rotatable bonds is 3. The Morgan fingerprint density at radius 1 is 1.27 bits per heavy atom. The van der Waals surface area contributed by atoms with Crippen molar-refractivity contribution >= 4 is 21.1 Å². The lowest BCUT2D eigenvalue weighted by molar-refractivity contribution is -0.129. The Morgan fingerprint density at radius 2 is 1.80 bits per heavy atom. The van der Waals surface area contributed by atoms with Crippen LogP contribution in [0.1, 0.15) is 5.56 Å². The fraction of sp³-hybridized carbons (Fsp3) is 0.111. The lowest BCUT2D eigenvalue weighted by atomic mass is 10.1. The minimum absolute atomic E-state index is 0.244. The number of hydrogen-bond donors (Lipinski definition) is 1. The van der Waals surface area contributed by atoms with Crippen molar-refractivity contribution in [3.63, 3.8) is 0 Å². The third-order valence-electron chi connectivity index (χ3n) is 1.72. The summed E-state index contributed by atoms with van der Waals surface area (Å²) in [7, 11) is -2.77. The molecule has 0 aromatic heterocycles. The van der Waals surface area contributed by atoms with E-state index >= 15 is 0 Å². The van der Waals surface area contributed by atoms with E-state index in [0.29, 0.717) is 5.56 Å². The van der Waals surface area contributed by atoms with Crippen molar-refractivity contribution in [3.05, 3.63) is 35.6 Å². The molecule has 1 N–H and O–H groups in total. The van der Waals surface area contributed by atoms with E-state index in [-0.39, 0.29) is 6.42 Å². The molecule has 0 unspecified atom stereocenters. The van der Waals surface area contributed by atoms with E-state index in [4.69, 9.17) is 5.11 Å². The molecule has 0 aliphatic rings. The highest BCUT2D eigenvalue weighted by molar-refractivity contribution is 7.74. The Kier molecular flexibility index (Phi) is 3.56. The zero-order valence-electron chi connectivity index (χ0n) is 7.47. The van der Waals surface area contributed by atoms with Gasteiger partial charge in [0.25, 0.3) is 0 Å². The van der Waals surface area contributed by atoms with Crippen LogP contribution in [0.15, 0.2) is 24.3 Å². The van der Waals surface area contributed by atoms with Crippen LogP contribution in [0, 0.1) is 5.82 Å². The first-order valence-electron chi connectivity index (χ1n) is 3.93. The minimum Gasteiger partial charge on any atom is -0.477 e. The van der Waals surface area contributed by atoms with Crippen molar-refractivity contribution in [3.8, 4) is 0 Å². The molecule has 4 nitrogen and oxygen atoms in total. The van der Waals surface area contributed by atoms with Crippen molar-refractivity contribution in [1.82, 2.24) is 0 Å². The number of carbonyl (C=O) groups is 1. The molecule has 1 aromatic carbocycles. The van der Waals surface area contributed by atoms with E-state index in [1.54, 1.807) is 0 Å². The van der Waals surface area contributed by atoms with Crippen LogP contribution in [0.4, 0.5) is 4.39 Å². The average molecular weight is 230 g/mol. The van der Waals surface area contributed by atoms with Crippen LogP contribution in [-0.4, -0.2) is 24.4 Å². The molecular weight excluding hydrogens is 223 g/mol. The van der Waals surface area contributed by atoms with Crippen LogP contribution < -0.4 is 0 Å². The first-order valence-corrected chi connectivity index (χ1v) is 5.01. The van der Waals surface area contributed by atoms with Gasteiger partial charge in [-0.15, -0.1) is 0 Å². The predicted octanol–water partition coefficient (Wildman–Crippen LogP) is 0.504. The zero-order chi connectivity index (χ0) is 11.4. The van der Waals surface area contributed by atoms with Gasteiger partial charge in [0.05, 0.1) is 0 Å². The molecule has 0 heterocycles. The SMILES string of the molecule is O=C(O)C(Cc1ccc(F)cc1)=S(=O)=O. The van der Waals surface area contributed by atoms with Gasteiger partial charge in [-0.05, 0) is 17.7 Å². The molecule has 1 aromatic rings. The van der Waals surface area contributed by atoms with Crippen LogP contribution >= 0.6 is 0 Å². The van der Waals surface area contributed by atoms with Gasteiger partial charge in [-0.25, -0.2) is 9.18 Å². The van der Waals surface area contributed by atoms with Crippen molar-refractivity contribution in [2.45, 2.75) is 6.42 Å². The van der Waals surface area contributed by atoms with Gasteiger partial charge in [0.2, 0.25) is 10.3 Å². The summed E-state index contributed by atoms with van der Waals surface area (Å²) < 4.78 is 33.5.